The van der Waals surface area contributed by atoms with Gasteiger partial charge in [0.15, 0.2) is 6.10 Å². The minimum absolute atomic E-state index is 0.138. The minimum Gasteiger partial charge on any atom is -0.462 e. The molecule has 3 N–H and O–H groups in total. The highest BCUT2D eigenvalue weighted by atomic mass is 31.2. The molecule has 0 radical (unpaired) electrons. The Hall–Kier alpha value is -2.59. The van der Waals surface area contributed by atoms with Crippen molar-refractivity contribution in [2.24, 2.45) is 0 Å². The summed E-state index contributed by atoms with van der Waals surface area (Å²) >= 11 is 0. The van der Waals surface area contributed by atoms with Gasteiger partial charge >= 0.3 is 19.8 Å². The molecule has 0 spiro atoms. The summed E-state index contributed by atoms with van der Waals surface area (Å²) in [6.07, 6.45) is 36.0. The van der Waals surface area contributed by atoms with Gasteiger partial charge in [-0.25, -0.2) is 4.57 Å². The van der Waals surface area contributed by atoms with Gasteiger partial charge in [-0.2, -0.15) is 0 Å². The number of hydrogen-bond acceptors (Lipinski definition) is 9. The first-order chi connectivity index (χ1) is 23.7. The summed E-state index contributed by atoms with van der Waals surface area (Å²) < 4.78 is 32.5. The third kappa shape index (κ3) is 33.7. The van der Waals surface area contributed by atoms with E-state index < -0.39 is 51.8 Å². The number of carbonyl (C=O) groups excluding carboxylic acids is 2. The molecule has 0 amide bonds. The maximum absolute atomic E-state index is 12.5. The number of hydrogen-bond donors (Lipinski definition) is 3. The Kier molecular flexibility index (Phi) is 32.1. The van der Waals surface area contributed by atoms with Crippen molar-refractivity contribution in [3.8, 4) is 0 Å². The van der Waals surface area contributed by atoms with Crippen LogP contribution in [0.5, 0.6) is 0 Å². The Labute approximate surface area is 295 Å². The quantitative estimate of drug-likeness (QED) is 0.0268. The largest absolute Gasteiger partial charge is 0.472 e. The predicted octanol–water partition coefficient (Wildman–Crippen LogP) is 8.55. The fourth-order valence-electron chi connectivity index (χ4n) is 4.14. The number of allylic oxidation sites excluding steroid dienone is 12. The topological polar surface area (TPSA) is 149 Å². The van der Waals surface area contributed by atoms with E-state index in [1.54, 1.807) is 0 Å². The third-order valence-corrected chi connectivity index (χ3v) is 7.81. The van der Waals surface area contributed by atoms with E-state index in [9.17, 15) is 24.2 Å². The molecule has 0 aliphatic rings. The van der Waals surface area contributed by atoms with E-state index in [1.165, 1.54) is 0 Å². The first-order valence-electron chi connectivity index (χ1n) is 17.9. The van der Waals surface area contributed by atoms with Crippen molar-refractivity contribution in [2.75, 3.05) is 26.4 Å². The van der Waals surface area contributed by atoms with Crippen LogP contribution in [-0.2, 0) is 32.7 Å². The molecule has 0 bridgehead atoms. The van der Waals surface area contributed by atoms with E-state index in [4.69, 9.17) is 19.1 Å². The maximum Gasteiger partial charge on any atom is 0.472 e. The lowest BCUT2D eigenvalue weighted by atomic mass is 10.1. The summed E-state index contributed by atoms with van der Waals surface area (Å²) in [5.41, 5.74) is 0. The Morgan fingerprint density at radius 3 is 1.55 bits per heavy atom. The number of ether oxygens (including phenoxy) is 2. The van der Waals surface area contributed by atoms with Gasteiger partial charge in [-0.15, -0.1) is 0 Å². The molecule has 0 saturated heterocycles. The van der Waals surface area contributed by atoms with Crippen LogP contribution < -0.4 is 0 Å². The summed E-state index contributed by atoms with van der Waals surface area (Å²) in [6, 6.07) is 0. The number of rotatable bonds is 32. The van der Waals surface area contributed by atoms with Crippen LogP contribution in [0.2, 0.25) is 0 Å². The first kappa shape index (κ1) is 46.4. The van der Waals surface area contributed by atoms with Crippen molar-refractivity contribution < 1.29 is 47.8 Å². The van der Waals surface area contributed by atoms with Gasteiger partial charge in [-0.3, -0.25) is 18.6 Å². The van der Waals surface area contributed by atoms with Gasteiger partial charge in [0.2, 0.25) is 0 Å². The highest BCUT2D eigenvalue weighted by molar-refractivity contribution is 7.47. The highest BCUT2D eigenvalue weighted by Crippen LogP contribution is 2.43. The molecule has 49 heavy (non-hydrogen) atoms. The second kappa shape index (κ2) is 33.9. The zero-order valence-electron chi connectivity index (χ0n) is 29.9. The summed E-state index contributed by atoms with van der Waals surface area (Å²) in [5, 5.41) is 18.2. The van der Waals surface area contributed by atoms with Gasteiger partial charge in [-0.05, 0) is 77.0 Å². The number of carbonyl (C=O) groups is 2. The Morgan fingerprint density at radius 1 is 0.612 bits per heavy atom. The van der Waals surface area contributed by atoms with E-state index in [-0.39, 0.29) is 19.4 Å². The lowest BCUT2D eigenvalue weighted by Crippen LogP contribution is -2.29. The molecule has 0 fully saturated rings. The number of unbranched alkanes of at least 4 members (excludes halogenated alkanes) is 6. The normalized spacial score (nSPS) is 15.0. The average Bonchev–Trinajstić information content (AvgIpc) is 3.09. The van der Waals surface area contributed by atoms with Crippen molar-refractivity contribution in [3.63, 3.8) is 0 Å². The molecule has 280 valence electrons. The van der Waals surface area contributed by atoms with Crippen molar-refractivity contribution >= 4 is 19.8 Å². The van der Waals surface area contributed by atoms with Gasteiger partial charge in [-0.1, -0.05) is 99.6 Å². The van der Waals surface area contributed by atoms with E-state index >= 15 is 0 Å². The molecule has 3 atom stereocenters. The molecule has 10 nitrogen and oxygen atoms in total. The molecule has 11 heteroatoms. The Bertz CT molecular complexity index is 1050. The van der Waals surface area contributed by atoms with Gasteiger partial charge in [0.25, 0.3) is 0 Å². The lowest BCUT2D eigenvalue weighted by Gasteiger charge is -2.20. The van der Waals surface area contributed by atoms with E-state index in [0.717, 1.165) is 77.0 Å². The summed E-state index contributed by atoms with van der Waals surface area (Å²) in [5.74, 6) is -1.01. The zero-order valence-corrected chi connectivity index (χ0v) is 30.8. The standard InChI is InChI=1S/C38H63O10P/c1-3-5-7-9-11-13-15-17-19-21-23-25-27-29-37(41)45-33-36(34-47-49(43,44)46-32-35(40)31-39)48-38(42)30-28-26-24-22-20-18-16-14-12-10-8-6-4-2/h5-8,11-14,17-20,35-36,39-40H,3-4,9-10,15-16,21-34H2,1-2H3,(H,43,44)/b7-5-,8-6-,13-11-,14-12-,19-17-,20-18-. The Balaban J connectivity index is 4.52. The predicted molar refractivity (Wildman–Crippen MR) is 196 cm³/mol. The summed E-state index contributed by atoms with van der Waals surface area (Å²) in [6.45, 7) is 2.03. The van der Waals surface area contributed by atoms with Crippen LogP contribution in [0.15, 0.2) is 72.9 Å². The molecule has 0 rings (SSSR count). The fourth-order valence-corrected chi connectivity index (χ4v) is 4.93. The Morgan fingerprint density at radius 2 is 1.06 bits per heavy atom. The first-order valence-corrected chi connectivity index (χ1v) is 19.4. The fraction of sp³-hybridized carbons (Fsp3) is 0.632. The monoisotopic (exact) mass is 710 g/mol. The molecule has 0 aromatic heterocycles. The van der Waals surface area contributed by atoms with Gasteiger partial charge in [0.05, 0.1) is 19.8 Å². The molecule has 0 heterocycles. The van der Waals surface area contributed by atoms with Crippen molar-refractivity contribution in [1.82, 2.24) is 0 Å². The number of aliphatic hydroxyl groups excluding tert-OH is 2. The molecule has 3 unspecified atom stereocenters. The smallest absolute Gasteiger partial charge is 0.462 e. The van der Waals surface area contributed by atoms with Crippen LogP contribution in [0.4, 0.5) is 0 Å². The molecular weight excluding hydrogens is 647 g/mol. The zero-order chi connectivity index (χ0) is 36.3. The van der Waals surface area contributed by atoms with Crippen LogP contribution in [0.25, 0.3) is 0 Å². The summed E-state index contributed by atoms with van der Waals surface area (Å²) in [7, 11) is -4.63. The summed E-state index contributed by atoms with van der Waals surface area (Å²) in [4.78, 5) is 34.7. The number of phosphoric acid groups is 1. The van der Waals surface area contributed by atoms with Gasteiger partial charge in [0, 0.05) is 12.8 Å². The number of phosphoric ester groups is 1. The van der Waals surface area contributed by atoms with Gasteiger partial charge < -0.3 is 24.6 Å². The van der Waals surface area contributed by atoms with Crippen LogP contribution in [-0.4, -0.2) is 65.7 Å². The molecule has 0 aromatic rings. The molecule has 0 aromatic carbocycles. The second-order valence-corrected chi connectivity index (χ2v) is 12.9. The third-order valence-electron chi connectivity index (χ3n) is 6.86. The molecule has 0 aliphatic carbocycles. The van der Waals surface area contributed by atoms with Gasteiger partial charge in [0.1, 0.15) is 12.7 Å². The van der Waals surface area contributed by atoms with Crippen LogP contribution in [0.3, 0.4) is 0 Å². The number of aliphatic hydroxyl groups is 2. The molecule has 0 aliphatic heterocycles. The number of esters is 2. The van der Waals surface area contributed by atoms with Crippen molar-refractivity contribution in [1.29, 1.82) is 0 Å². The average molecular weight is 711 g/mol. The van der Waals surface area contributed by atoms with Crippen molar-refractivity contribution in [2.45, 2.75) is 129 Å². The van der Waals surface area contributed by atoms with E-state index in [0.29, 0.717) is 12.8 Å². The van der Waals surface area contributed by atoms with Crippen LogP contribution in [0.1, 0.15) is 117 Å². The SMILES string of the molecule is CC/C=C\C/C=C\C/C=C\CCCCCC(=O)OCC(COP(=O)(O)OCC(O)CO)OC(=O)CCCCC/C=C\C/C=C\C/C=C\CC. The second-order valence-electron chi connectivity index (χ2n) is 11.5. The van der Waals surface area contributed by atoms with E-state index in [2.05, 4.69) is 91.3 Å². The van der Waals surface area contributed by atoms with Crippen molar-refractivity contribution in [3.05, 3.63) is 72.9 Å². The molecular formula is C38H63O10P. The van der Waals surface area contributed by atoms with Crippen LogP contribution in [0, 0.1) is 0 Å². The van der Waals surface area contributed by atoms with E-state index in [1.807, 2.05) is 0 Å². The molecule has 0 saturated carbocycles. The maximum atomic E-state index is 12.5. The highest BCUT2D eigenvalue weighted by Gasteiger charge is 2.27. The van der Waals surface area contributed by atoms with Crippen LogP contribution >= 0.6 is 7.82 Å². The minimum atomic E-state index is -4.63. The lowest BCUT2D eigenvalue weighted by molar-refractivity contribution is -0.161.